The SMILES string of the molecule is CC(=O)Nc1cccc(NC(=O)CCS(=O)(=O)N2CCOCC2)c1. The summed E-state index contributed by atoms with van der Waals surface area (Å²) in [6.45, 7) is 2.79. The van der Waals surface area contributed by atoms with E-state index in [1.165, 1.54) is 11.2 Å². The second-order valence-corrected chi connectivity index (χ2v) is 7.48. The summed E-state index contributed by atoms with van der Waals surface area (Å²) in [4.78, 5) is 23.0. The van der Waals surface area contributed by atoms with Gasteiger partial charge in [-0.05, 0) is 18.2 Å². The molecule has 8 nitrogen and oxygen atoms in total. The third kappa shape index (κ3) is 5.59. The largest absolute Gasteiger partial charge is 0.379 e. The summed E-state index contributed by atoms with van der Waals surface area (Å²) in [6, 6.07) is 6.65. The first-order chi connectivity index (χ1) is 11.4. The molecule has 1 saturated heterocycles. The number of anilines is 2. The van der Waals surface area contributed by atoms with Crippen LogP contribution in [0.1, 0.15) is 13.3 Å². The number of carbonyl (C=O) groups excluding carboxylic acids is 2. The third-order valence-corrected chi connectivity index (χ3v) is 5.29. The van der Waals surface area contributed by atoms with Crippen molar-refractivity contribution in [1.82, 2.24) is 4.31 Å². The van der Waals surface area contributed by atoms with Crippen LogP contribution >= 0.6 is 0 Å². The van der Waals surface area contributed by atoms with Crippen molar-refractivity contribution in [3.05, 3.63) is 24.3 Å². The number of nitrogens with one attached hydrogen (secondary N) is 2. The molecule has 1 aliphatic heterocycles. The lowest BCUT2D eigenvalue weighted by molar-refractivity contribution is -0.116. The first-order valence-electron chi connectivity index (χ1n) is 7.60. The zero-order valence-electron chi connectivity index (χ0n) is 13.4. The van der Waals surface area contributed by atoms with Gasteiger partial charge in [0.15, 0.2) is 0 Å². The predicted octanol–water partition coefficient (Wildman–Crippen LogP) is 0.636. The van der Waals surface area contributed by atoms with Crippen LogP contribution in [0.25, 0.3) is 0 Å². The Morgan fingerprint density at radius 3 is 2.42 bits per heavy atom. The molecule has 24 heavy (non-hydrogen) atoms. The van der Waals surface area contributed by atoms with Crippen LogP contribution in [-0.2, 0) is 24.3 Å². The quantitative estimate of drug-likeness (QED) is 0.779. The summed E-state index contributed by atoms with van der Waals surface area (Å²) >= 11 is 0. The minimum absolute atomic E-state index is 0.135. The second kappa shape index (κ2) is 8.22. The third-order valence-electron chi connectivity index (χ3n) is 3.42. The van der Waals surface area contributed by atoms with Crippen molar-refractivity contribution in [2.24, 2.45) is 0 Å². The summed E-state index contributed by atoms with van der Waals surface area (Å²) in [7, 11) is -3.46. The molecule has 0 atom stereocenters. The van der Waals surface area contributed by atoms with E-state index < -0.39 is 15.9 Å². The molecular weight excluding hydrogens is 334 g/mol. The summed E-state index contributed by atoms with van der Waals surface area (Å²) in [5, 5.41) is 5.25. The lowest BCUT2D eigenvalue weighted by Crippen LogP contribution is -2.42. The van der Waals surface area contributed by atoms with Gasteiger partial charge in [-0.3, -0.25) is 9.59 Å². The minimum Gasteiger partial charge on any atom is -0.379 e. The highest BCUT2D eigenvalue weighted by Crippen LogP contribution is 2.15. The number of nitrogens with zero attached hydrogens (tertiary/aromatic N) is 1. The number of carbonyl (C=O) groups is 2. The molecule has 0 unspecified atom stereocenters. The van der Waals surface area contributed by atoms with Crippen LogP contribution in [0, 0.1) is 0 Å². The van der Waals surface area contributed by atoms with Gasteiger partial charge in [0.05, 0.1) is 19.0 Å². The monoisotopic (exact) mass is 355 g/mol. The van der Waals surface area contributed by atoms with E-state index in [2.05, 4.69) is 10.6 Å². The van der Waals surface area contributed by atoms with Gasteiger partial charge in [-0.15, -0.1) is 0 Å². The molecule has 1 aliphatic rings. The van der Waals surface area contributed by atoms with Crippen molar-refractivity contribution in [1.29, 1.82) is 0 Å². The fraction of sp³-hybridized carbons (Fsp3) is 0.467. The summed E-state index contributed by atoms with van der Waals surface area (Å²) < 4.78 is 30.8. The van der Waals surface area contributed by atoms with Crippen LogP contribution in [0.5, 0.6) is 0 Å². The van der Waals surface area contributed by atoms with Gasteiger partial charge >= 0.3 is 0 Å². The molecule has 1 aromatic rings. The highest BCUT2D eigenvalue weighted by molar-refractivity contribution is 7.89. The van der Waals surface area contributed by atoms with Crippen LogP contribution < -0.4 is 10.6 Å². The minimum atomic E-state index is -3.46. The summed E-state index contributed by atoms with van der Waals surface area (Å²) in [5.74, 6) is -0.855. The van der Waals surface area contributed by atoms with Crippen molar-refractivity contribution in [3.8, 4) is 0 Å². The van der Waals surface area contributed by atoms with Gasteiger partial charge < -0.3 is 15.4 Å². The second-order valence-electron chi connectivity index (χ2n) is 5.39. The number of benzene rings is 1. The molecule has 1 aromatic carbocycles. The lowest BCUT2D eigenvalue weighted by Gasteiger charge is -2.25. The van der Waals surface area contributed by atoms with Crippen molar-refractivity contribution in [3.63, 3.8) is 0 Å². The number of ether oxygens (including phenoxy) is 1. The molecule has 0 radical (unpaired) electrons. The van der Waals surface area contributed by atoms with E-state index in [4.69, 9.17) is 4.74 Å². The Labute approximate surface area is 141 Å². The maximum atomic E-state index is 12.2. The number of sulfonamides is 1. The van der Waals surface area contributed by atoms with Gasteiger partial charge in [-0.25, -0.2) is 8.42 Å². The molecule has 0 bridgehead atoms. The average Bonchev–Trinajstić information content (AvgIpc) is 2.54. The van der Waals surface area contributed by atoms with Gasteiger partial charge in [-0.2, -0.15) is 4.31 Å². The molecule has 9 heteroatoms. The lowest BCUT2D eigenvalue weighted by atomic mass is 10.2. The number of rotatable bonds is 6. The number of hydrogen-bond donors (Lipinski definition) is 2. The molecule has 0 aliphatic carbocycles. The van der Waals surface area contributed by atoms with Crippen molar-refractivity contribution >= 4 is 33.2 Å². The summed E-state index contributed by atoms with van der Waals surface area (Å²) in [5.41, 5.74) is 1.05. The first kappa shape index (κ1) is 18.4. The van der Waals surface area contributed by atoms with Gasteiger partial charge in [0.2, 0.25) is 21.8 Å². The number of amides is 2. The molecule has 2 rings (SSSR count). The van der Waals surface area contributed by atoms with E-state index in [1.807, 2.05) is 0 Å². The van der Waals surface area contributed by atoms with Crippen LogP contribution in [0.2, 0.25) is 0 Å². The smallest absolute Gasteiger partial charge is 0.225 e. The molecule has 0 saturated carbocycles. The van der Waals surface area contributed by atoms with Crippen LogP contribution in [-0.4, -0.2) is 56.6 Å². The Kier molecular flexibility index (Phi) is 6.29. The molecule has 1 heterocycles. The Hall–Kier alpha value is -1.97. The normalized spacial score (nSPS) is 15.7. The first-order valence-corrected chi connectivity index (χ1v) is 9.21. The van der Waals surface area contributed by atoms with E-state index in [0.717, 1.165) is 0 Å². The predicted molar refractivity (Wildman–Crippen MR) is 90.2 cm³/mol. The zero-order chi connectivity index (χ0) is 17.6. The molecule has 2 N–H and O–H groups in total. The Balaban J connectivity index is 1.88. The fourth-order valence-electron chi connectivity index (χ4n) is 2.28. The van der Waals surface area contributed by atoms with Gasteiger partial charge in [0.1, 0.15) is 0 Å². The van der Waals surface area contributed by atoms with Crippen molar-refractivity contribution < 1.29 is 22.7 Å². The number of hydrogen-bond acceptors (Lipinski definition) is 5. The Morgan fingerprint density at radius 2 is 1.79 bits per heavy atom. The van der Waals surface area contributed by atoms with E-state index >= 15 is 0 Å². The Bertz CT molecular complexity index is 699. The number of morpholine rings is 1. The highest BCUT2D eigenvalue weighted by Gasteiger charge is 2.24. The molecular formula is C15H21N3O5S. The van der Waals surface area contributed by atoms with Crippen molar-refractivity contribution in [2.75, 3.05) is 42.7 Å². The molecule has 0 spiro atoms. The van der Waals surface area contributed by atoms with E-state index in [-0.39, 0.29) is 18.1 Å². The van der Waals surface area contributed by atoms with E-state index in [9.17, 15) is 18.0 Å². The molecule has 132 valence electrons. The van der Waals surface area contributed by atoms with Gasteiger partial charge in [0, 0.05) is 37.8 Å². The molecule has 1 fully saturated rings. The molecule has 2 amide bonds. The van der Waals surface area contributed by atoms with Gasteiger partial charge in [-0.1, -0.05) is 6.07 Å². The average molecular weight is 355 g/mol. The van der Waals surface area contributed by atoms with Crippen LogP contribution in [0.4, 0.5) is 11.4 Å². The molecule has 0 aromatic heterocycles. The Morgan fingerprint density at radius 1 is 1.17 bits per heavy atom. The van der Waals surface area contributed by atoms with Gasteiger partial charge in [0.25, 0.3) is 0 Å². The summed E-state index contributed by atoms with van der Waals surface area (Å²) in [6.07, 6.45) is -0.135. The van der Waals surface area contributed by atoms with E-state index in [0.29, 0.717) is 37.7 Å². The van der Waals surface area contributed by atoms with Crippen LogP contribution in [0.15, 0.2) is 24.3 Å². The zero-order valence-corrected chi connectivity index (χ0v) is 14.3. The standard InChI is InChI=1S/C15H21N3O5S/c1-12(19)16-13-3-2-4-14(11-13)17-15(20)5-10-24(21,22)18-6-8-23-9-7-18/h2-4,11H,5-10H2,1H3,(H,16,19)(H,17,20). The maximum absolute atomic E-state index is 12.2. The maximum Gasteiger partial charge on any atom is 0.225 e. The highest BCUT2D eigenvalue weighted by atomic mass is 32.2. The topological polar surface area (TPSA) is 105 Å². The van der Waals surface area contributed by atoms with E-state index in [1.54, 1.807) is 24.3 Å². The van der Waals surface area contributed by atoms with Crippen LogP contribution in [0.3, 0.4) is 0 Å². The van der Waals surface area contributed by atoms with Crippen molar-refractivity contribution in [2.45, 2.75) is 13.3 Å². The fourth-order valence-corrected chi connectivity index (χ4v) is 3.68.